The molecule has 3 aromatic heterocycles. The van der Waals surface area contributed by atoms with Crippen molar-refractivity contribution in [3.63, 3.8) is 0 Å². The van der Waals surface area contributed by atoms with Gasteiger partial charge in [0.25, 0.3) is 5.56 Å². The van der Waals surface area contributed by atoms with Crippen molar-refractivity contribution in [3.05, 3.63) is 51.6 Å². The normalized spacial score (nSPS) is 10.6. The summed E-state index contributed by atoms with van der Waals surface area (Å²) < 4.78 is 1.41. The number of nitrogens with one attached hydrogen (secondary N) is 1. The number of thiazole rings is 1. The standard InChI is InChI=1S/C15H14N4O2S2/c20-13(17-15-16-7-10-23-15)4-1-8-19-14(21)6-5-11(18-19)12-3-2-9-22-12/h2-3,5-7,9-10H,1,4,8H2,(H,16,17,20). The zero-order chi connectivity index (χ0) is 16.1. The molecule has 0 aromatic carbocycles. The second-order valence-corrected chi connectivity index (χ2v) is 6.59. The van der Waals surface area contributed by atoms with Gasteiger partial charge in [-0.25, -0.2) is 9.67 Å². The van der Waals surface area contributed by atoms with Gasteiger partial charge in [-0.05, 0) is 23.9 Å². The molecule has 0 saturated carbocycles. The van der Waals surface area contributed by atoms with Crippen molar-refractivity contribution in [1.29, 1.82) is 0 Å². The second-order valence-electron chi connectivity index (χ2n) is 4.75. The Bertz CT molecular complexity index is 826. The number of carbonyl (C=O) groups is 1. The van der Waals surface area contributed by atoms with Crippen LogP contribution in [0.5, 0.6) is 0 Å². The molecule has 0 aliphatic carbocycles. The first-order chi connectivity index (χ1) is 11.2. The number of carbonyl (C=O) groups excluding carboxylic acids is 1. The number of nitrogens with zero attached hydrogens (tertiary/aromatic N) is 3. The lowest BCUT2D eigenvalue weighted by atomic mass is 10.3. The first-order valence-corrected chi connectivity index (χ1v) is 8.80. The lowest BCUT2D eigenvalue weighted by Crippen LogP contribution is -2.23. The summed E-state index contributed by atoms with van der Waals surface area (Å²) in [6, 6.07) is 7.14. The molecule has 0 unspecified atom stereocenters. The third-order valence-corrected chi connectivity index (χ3v) is 4.67. The fourth-order valence-corrected chi connectivity index (χ4v) is 3.26. The van der Waals surface area contributed by atoms with Gasteiger partial charge in [0.1, 0.15) is 5.69 Å². The average Bonchev–Trinajstić information content (AvgIpc) is 3.22. The smallest absolute Gasteiger partial charge is 0.266 e. The van der Waals surface area contributed by atoms with Gasteiger partial charge in [-0.2, -0.15) is 5.10 Å². The van der Waals surface area contributed by atoms with Crippen LogP contribution in [-0.4, -0.2) is 20.7 Å². The maximum absolute atomic E-state index is 11.9. The van der Waals surface area contributed by atoms with Crippen LogP contribution in [0.15, 0.2) is 46.0 Å². The van der Waals surface area contributed by atoms with Crippen molar-refractivity contribution in [3.8, 4) is 10.6 Å². The molecule has 8 heteroatoms. The van der Waals surface area contributed by atoms with Gasteiger partial charge < -0.3 is 5.32 Å². The van der Waals surface area contributed by atoms with E-state index in [-0.39, 0.29) is 11.5 Å². The van der Waals surface area contributed by atoms with Crippen molar-refractivity contribution in [1.82, 2.24) is 14.8 Å². The van der Waals surface area contributed by atoms with Crippen LogP contribution in [0.3, 0.4) is 0 Å². The molecule has 6 nitrogen and oxygen atoms in total. The third-order valence-electron chi connectivity index (χ3n) is 3.09. The van der Waals surface area contributed by atoms with Crippen LogP contribution in [0.4, 0.5) is 5.13 Å². The summed E-state index contributed by atoms with van der Waals surface area (Å²) >= 11 is 2.95. The maximum atomic E-state index is 11.9. The van der Waals surface area contributed by atoms with E-state index in [1.165, 1.54) is 22.1 Å². The van der Waals surface area contributed by atoms with Gasteiger partial charge in [0, 0.05) is 30.6 Å². The highest BCUT2D eigenvalue weighted by Gasteiger charge is 2.07. The van der Waals surface area contributed by atoms with Gasteiger partial charge in [0.15, 0.2) is 5.13 Å². The molecule has 0 bridgehead atoms. The predicted octanol–water partition coefficient (Wildman–Crippen LogP) is 2.85. The number of hydrogen-bond acceptors (Lipinski definition) is 6. The molecule has 0 atom stereocenters. The Balaban J connectivity index is 1.58. The van der Waals surface area contributed by atoms with Crippen molar-refractivity contribution in [2.45, 2.75) is 19.4 Å². The summed E-state index contributed by atoms with van der Waals surface area (Å²) in [5.74, 6) is -0.109. The molecule has 0 fully saturated rings. The van der Waals surface area contributed by atoms with Gasteiger partial charge in [-0.3, -0.25) is 9.59 Å². The monoisotopic (exact) mass is 346 g/mol. The Labute approximate surface area is 140 Å². The summed E-state index contributed by atoms with van der Waals surface area (Å²) in [5.41, 5.74) is 0.609. The first kappa shape index (κ1) is 15.6. The van der Waals surface area contributed by atoms with E-state index < -0.39 is 0 Å². The Morgan fingerprint density at radius 3 is 2.87 bits per heavy atom. The lowest BCUT2D eigenvalue weighted by Gasteiger charge is -2.06. The molecule has 3 heterocycles. The third kappa shape index (κ3) is 4.11. The van der Waals surface area contributed by atoms with Crippen molar-refractivity contribution in [2.75, 3.05) is 5.32 Å². The van der Waals surface area contributed by atoms with Crippen LogP contribution in [0, 0.1) is 0 Å². The number of amides is 1. The molecule has 0 radical (unpaired) electrons. The highest BCUT2D eigenvalue weighted by Crippen LogP contribution is 2.21. The molecular formula is C15H14N4O2S2. The van der Waals surface area contributed by atoms with Crippen molar-refractivity contribution in [2.24, 2.45) is 0 Å². The molecule has 0 aliphatic heterocycles. The molecule has 3 aromatic rings. The lowest BCUT2D eigenvalue weighted by molar-refractivity contribution is -0.116. The van der Waals surface area contributed by atoms with E-state index in [4.69, 9.17) is 0 Å². The van der Waals surface area contributed by atoms with Gasteiger partial charge in [-0.1, -0.05) is 6.07 Å². The molecule has 118 valence electrons. The minimum atomic E-state index is -0.161. The van der Waals surface area contributed by atoms with E-state index in [1.807, 2.05) is 17.5 Å². The van der Waals surface area contributed by atoms with Crippen LogP contribution in [0.1, 0.15) is 12.8 Å². The summed E-state index contributed by atoms with van der Waals surface area (Å²) in [5, 5.41) is 11.4. The number of hydrogen-bond donors (Lipinski definition) is 1. The minimum Gasteiger partial charge on any atom is -0.302 e. The quantitative estimate of drug-likeness (QED) is 0.744. The van der Waals surface area contributed by atoms with E-state index in [9.17, 15) is 9.59 Å². The summed E-state index contributed by atoms with van der Waals surface area (Å²) in [7, 11) is 0. The number of aryl methyl sites for hydroxylation is 1. The van der Waals surface area contributed by atoms with Gasteiger partial charge in [0.05, 0.1) is 4.88 Å². The number of rotatable bonds is 6. The van der Waals surface area contributed by atoms with Crippen LogP contribution in [0.25, 0.3) is 10.6 Å². The van der Waals surface area contributed by atoms with Gasteiger partial charge >= 0.3 is 0 Å². The van der Waals surface area contributed by atoms with E-state index in [0.717, 1.165) is 10.6 Å². The SMILES string of the molecule is O=C(CCCn1nc(-c2cccs2)ccc1=O)Nc1nccs1. The molecule has 3 rings (SSSR count). The molecule has 0 saturated heterocycles. The highest BCUT2D eigenvalue weighted by molar-refractivity contribution is 7.13. The zero-order valence-corrected chi connectivity index (χ0v) is 13.8. The number of thiophene rings is 1. The largest absolute Gasteiger partial charge is 0.302 e. The fourth-order valence-electron chi connectivity index (χ4n) is 2.02. The van der Waals surface area contributed by atoms with Crippen molar-refractivity contribution < 1.29 is 4.79 Å². The molecule has 0 spiro atoms. The van der Waals surface area contributed by atoms with E-state index in [0.29, 0.717) is 24.5 Å². The topological polar surface area (TPSA) is 76.9 Å². The van der Waals surface area contributed by atoms with Gasteiger partial charge in [-0.15, -0.1) is 22.7 Å². The van der Waals surface area contributed by atoms with Gasteiger partial charge in [0.2, 0.25) is 5.91 Å². The highest BCUT2D eigenvalue weighted by atomic mass is 32.1. The Morgan fingerprint density at radius 2 is 2.13 bits per heavy atom. The molecule has 23 heavy (non-hydrogen) atoms. The zero-order valence-electron chi connectivity index (χ0n) is 12.1. The second kappa shape index (κ2) is 7.30. The van der Waals surface area contributed by atoms with Crippen LogP contribution in [0.2, 0.25) is 0 Å². The number of anilines is 1. The summed E-state index contributed by atoms with van der Waals surface area (Å²) in [6.45, 7) is 0.406. The number of aromatic nitrogens is 3. The van der Waals surface area contributed by atoms with Crippen molar-refractivity contribution >= 4 is 33.7 Å². The average molecular weight is 346 g/mol. The Kier molecular flexibility index (Phi) is 4.94. The van der Waals surface area contributed by atoms with Crippen LogP contribution >= 0.6 is 22.7 Å². The van der Waals surface area contributed by atoms with E-state index in [1.54, 1.807) is 29.0 Å². The molecule has 1 N–H and O–H groups in total. The first-order valence-electron chi connectivity index (χ1n) is 7.04. The van der Waals surface area contributed by atoms with Crippen LogP contribution < -0.4 is 10.9 Å². The Hall–Kier alpha value is -2.32. The summed E-state index contributed by atoms with van der Waals surface area (Å²) in [4.78, 5) is 28.7. The van der Waals surface area contributed by atoms with Crippen LogP contribution in [-0.2, 0) is 11.3 Å². The molecule has 1 amide bonds. The maximum Gasteiger partial charge on any atom is 0.266 e. The predicted molar refractivity (Wildman–Crippen MR) is 91.8 cm³/mol. The van der Waals surface area contributed by atoms with E-state index in [2.05, 4.69) is 15.4 Å². The van der Waals surface area contributed by atoms with E-state index >= 15 is 0 Å². The minimum absolute atomic E-state index is 0.109. The molecular weight excluding hydrogens is 332 g/mol. The fraction of sp³-hybridized carbons (Fsp3) is 0.200. The summed E-state index contributed by atoms with van der Waals surface area (Å²) in [6.07, 6.45) is 2.49. The Morgan fingerprint density at radius 1 is 1.22 bits per heavy atom. The molecule has 0 aliphatic rings.